The molecule has 0 unspecified atom stereocenters. The smallest absolute Gasteiger partial charge is 0.265 e. The highest BCUT2D eigenvalue weighted by molar-refractivity contribution is 7.13. The topological polar surface area (TPSA) is 51.7 Å². The lowest BCUT2D eigenvalue weighted by Gasteiger charge is -2.52. The summed E-state index contributed by atoms with van der Waals surface area (Å²) in [7, 11) is 0. The number of hydrogen-bond acceptors (Lipinski definition) is 5. The first-order valence-electron chi connectivity index (χ1n) is 7.99. The molecule has 2 fully saturated rings. The summed E-state index contributed by atoms with van der Waals surface area (Å²) in [4.78, 5) is 19.7. The molecule has 3 heterocycles. The van der Waals surface area contributed by atoms with E-state index in [1.54, 1.807) is 6.20 Å². The summed E-state index contributed by atoms with van der Waals surface area (Å²) in [6.45, 7) is 10.9. The molecule has 22 heavy (non-hydrogen) atoms. The molecule has 0 aliphatic carbocycles. The highest BCUT2D eigenvalue weighted by atomic mass is 32.1. The summed E-state index contributed by atoms with van der Waals surface area (Å²) in [5, 5.41) is 0.739. The molecule has 0 radical (unpaired) electrons. The van der Waals surface area contributed by atoms with Crippen molar-refractivity contribution in [1.29, 1.82) is 0 Å². The largest absolute Gasteiger partial charge is 0.344 e. The van der Waals surface area contributed by atoms with Gasteiger partial charge in [-0.15, -0.1) is 11.3 Å². The second-order valence-corrected chi connectivity index (χ2v) is 7.80. The van der Waals surface area contributed by atoms with Crippen molar-refractivity contribution in [2.45, 2.75) is 40.0 Å². The zero-order chi connectivity index (χ0) is 15.9. The Labute approximate surface area is 135 Å². The van der Waals surface area contributed by atoms with E-state index < -0.39 is 6.29 Å². The molecule has 122 valence electrons. The van der Waals surface area contributed by atoms with Gasteiger partial charge < -0.3 is 14.4 Å². The van der Waals surface area contributed by atoms with Crippen LogP contribution in [0.3, 0.4) is 0 Å². The molecular formula is C16H24N2O3S. The molecule has 5 nitrogen and oxygen atoms in total. The van der Waals surface area contributed by atoms with Gasteiger partial charge in [-0.2, -0.15) is 0 Å². The number of nitrogens with zero attached hydrogens (tertiary/aromatic N) is 2. The van der Waals surface area contributed by atoms with Crippen molar-refractivity contribution in [2.75, 3.05) is 19.8 Å². The molecule has 2 saturated heterocycles. The summed E-state index contributed by atoms with van der Waals surface area (Å²) < 4.78 is 10.9. The number of rotatable bonds is 4. The maximum atomic E-state index is 12.8. The molecule has 2 aliphatic rings. The molecule has 3 rings (SSSR count). The lowest BCUT2D eigenvalue weighted by molar-refractivity contribution is -0.0442. The predicted octanol–water partition coefficient (Wildman–Crippen LogP) is 2.94. The summed E-state index contributed by atoms with van der Waals surface area (Å²) in [5.74, 6) is 1.77. The molecule has 1 amide bonds. The standard InChI is InChI=1S/C16H24N2O3S/c1-9(2)11-8-18(13(11)10(3)4)15(19)12-7-17-14(22-12)16-20-5-6-21-16/h7,9-11,13,16H,5-6,8H2,1-4H3/t11-,13-/m1/s1. The van der Waals surface area contributed by atoms with Gasteiger partial charge in [-0.05, 0) is 17.8 Å². The van der Waals surface area contributed by atoms with Gasteiger partial charge in [0.05, 0.1) is 19.4 Å². The quantitative estimate of drug-likeness (QED) is 0.854. The Bertz CT molecular complexity index is 537. The number of aromatic nitrogens is 1. The van der Waals surface area contributed by atoms with Crippen molar-refractivity contribution >= 4 is 17.2 Å². The van der Waals surface area contributed by atoms with Gasteiger partial charge in [0.15, 0.2) is 0 Å². The number of amides is 1. The van der Waals surface area contributed by atoms with Crippen LogP contribution in [-0.4, -0.2) is 41.6 Å². The van der Waals surface area contributed by atoms with Crippen molar-refractivity contribution in [1.82, 2.24) is 9.88 Å². The van der Waals surface area contributed by atoms with Crippen LogP contribution in [0, 0.1) is 17.8 Å². The molecule has 2 aliphatic heterocycles. The van der Waals surface area contributed by atoms with Crippen molar-refractivity contribution in [3.8, 4) is 0 Å². The van der Waals surface area contributed by atoms with E-state index in [4.69, 9.17) is 9.47 Å². The van der Waals surface area contributed by atoms with Gasteiger partial charge in [0.25, 0.3) is 5.91 Å². The number of ether oxygens (including phenoxy) is 2. The van der Waals surface area contributed by atoms with Gasteiger partial charge in [-0.1, -0.05) is 27.7 Å². The Balaban J connectivity index is 1.71. The molecule has 0 aromatic carbocycles. The summed E-state index contributed by atoms with van der Waals surface area (Å²) in [6, 6.07) is 0.331. The van der Waals surface area contributed by atoms with Gasteiger partial charge in [0, 0.05) is 12.6 Å². The zero-order valence-electron chi connectivity index (χ0n) is 13.6. The van der Waals surface area contributed by atoms with Gasteiger partial charge in [-0.25, -0.2) is 4.98 Å². The summed E-state index contributed by atoms with van der Waals surface area (Å²) >= 11 is 1.39. The highest BCUT2D eigenvalue weighted by Gasteiger charge is 2.45. The minimum absolute atomic E-state index is 0.0948. The second kappa shape index (κ2) is 6.26. The first kappa shape index (κ1) is 15.9. The second-order valence-electron chi connectivity index (χ2n) is 6.74. The Hall–Kier alpha value is -0.980. The zero-order valence-corrected chi connectivity index (χ0v) is 14.4. The molecule has 0 saturated carbocycles. The molecule has 0 spiro atoms. The van der Waals surface area contributed by atoms with Crippen LogP contribution in [0.1, 0.15) is 48.7 Å². The van der Waals surface area contributed by atoms with Crippen LogP contribution < -0.4 is 0 Å². The minimum Gasteiger partial charge on any atom is -0.344 e. The Kier molecular flexibility index (Phi) is 4.52. The number of thiazole rings is 1. The predicted molar refractivity (Wildman–Crippen MR) is 84.7 cm³/mol. The monoisotopic (exact) mass is 324 g/mol. The van der Waals surface area contributed by atoms with Crippen LogP contribution in [0.4, 0.5) is 0 Å². The van der Waals surface area contributed by atoms with Gasteiger partial charge in [0.1, 0.15) is 9.88 Å². The van der Waals surface area contributed by atoms with E-state index >= 15 is 0 Å². The van der Waals surface area contributed by atoms with Crippen LogP contribution in [0.5, 0.6) is 0 Å². The lowest BCUT2D eigenvalue weighted by atomic mass is 9.74. The minimum atomic E-state index is -0.396. The van der Waals surface area contributed by atoms with Crippen molar-refractivity contribution in [2.24, 2.45) is 17.8 Å². The number of carbonyl (C=O) groups is 1. The maximum absolute atomic E-state index is 12.8. The third kappa shape index (κ3) is 2.79. The fourth-order valence-electron chi connectivity index (χ4n) is 3.37. The van der Waals surface area contributed by atoms with E-state index in [2.05, 4.69) is 32.7 Å². The first-order valence-corrected chi connectivity index (χ1v) is 8.80. The van der Waals surface area contributed by atoms with E-state index in [0.29, 0.717) is 41.9 Å². The van der Waals surface area contributed by atoms with Crippen molar-refractivity contribution in [3.05, 3.63) is 16.1 Å². The van der Waals surface area contributed by atoms with E-state index in [-0.39, 0.29) is 5.91 Å². The number of carbonyl (C=O) groups excluding carboxylic acids is 1. The van der Waals surface area contributed by atoms with E-state index in [0.717, 1.165) is 11.6 Å². The molecule has 1 aromatic rings. The summed E-state index contributed by atoms with van der Waals surface area (Å²) in [6.07, 6.45) is 1.26. The third-order valence-corrected chi connectivity index (χ3v) is 5.57. The number of likely N-dealkylation sites (tertiary alicyclic amines) is 1. The van der Waals surface area contributed by atoms with Gasteiger partial charge >= 0.3 is 0 Å². The molecule has 0 N–H and O–H groups in total. The normalized spacial score (nSPS) is 26.0. The average Bonchev–Trinajstić information content (AvgIpc) is 3.07. The molecule has 6 heteroatoms. The molecule has 2 atom stereocenters. The fraction of sp³-hybridized carbons (Fsp3) is 0.750. The van der Waals surface area contributed by atoms with E-state index in [9.17, 15) is 4.79 Å². The van der Waals surface area contributed by atoms with Crippen LogP contribution in [0.25, 0.3) is 0 Å². The highest BCUT2D eigenvalue weighted by Crippen LogP contribution is 2.38. The lowest BCUT2D eigenvalue weighted by Crippen LogP contribution is -2.62. The Morgan fingerprint density at radius 3 is 2.55 bits per heavy atom. The first-order chi connectivity index (χ1) is 10.5. The summed E-state index contributed by atoms with van der Waals surface area (Å²) in [5.41, 5.74) is 0. The Morgan fingerprint density at radius 1 is 1.27 bits per heavy atom. The van der Waals surface area contributed by atoms with Crippen molar-refractivity contribution in [3.63, 3.8) is 0 Å². The van der Waals surface area contributed by atoms with Crippen LogP contribution in [0.2, 0.25) is 0 Å². The molecule has 1 aromatic heterocycles. The number of hydrogen-bond donors (Lipinski definition) is 0. The van der Waals surface area contributed by atoms with Gasteiger partial charge in [-0.3, -0.25) is 4.79 Å². The van der Waals surface area contributed by atoms with Crippen LogP contribution >= 0.6 is 11.3 Å². The maximum Gasteiger partial charge on any atom is 0.265 e. The van der Waals surface area contributed by atoms with Crippen LogP contribution in [0.15, 0.2) is 6.20 Å². The molecule has 0 bridgehead atoms. The average molecular weight is 324 g/mol. The fourth-order valence-corrected chi connectivity index (χ4v) is 4.24. The SMILES string of the molecule is CC(C)[C@H]1CN(C(=O)c2cnc(C3OCCO3)s2)[C@@H]1C(C)C. The van der Waals surface area contributed by atoms with E-state index in [1.807, 2.05) is 4.90 Å². The third-order valence-electron chi connectivity index (χ3n) is 4.56. The van der Waals surface area contributed by atoms with E-state index in [1.165, 1.54) is 11.3 Å². The van der Waals surface area contributed by atoms with Crippen molar-refractivity contribution < 1.29 is 14.3 Å². The van der Waals surface area contributed by atoms with Crippen LogP contribution in [-0.2, 0) is 9.47 Å². The van der Waals surface area contributed by atoms with Gasteiger partial charge in [0.2, 0.25) is 6.29 Å². The Morgan fingerprint density at radius 2 is 1.95 bits per heavy atom. The molecular weight excluding hydrogens is 300 g/mol.